The molecule has 0 amide bonds. The number of benzene rings is 1. The fourth-order valence-electron chi connectivity index (χ4n) is 1.79. The molecule has 0 aliphatic rings. The molecule has 1 aromatic carbocycles. The van der Waals surface area contributed by atoms with Gasteiger partial charge in [0.2, 0.25) is 0 Å². The smallest absolute Gasteiger partial charge is 0.147 e. The summed E-state index contributed by atoms with van der Waals surface area (Å²) in [4.78, 5) is 6.14. The average molecular weight is 227 g/mol. The second-order valence-corrected chi connectivity index (χ2v) is 3.99. The molecule has 3 heteroatoms. The number of aromatic nitrogens is 1. The Balaban J connectivity index is 2.30. The summed E-state index contributed by atoms with van der Waals surface area (Å²) in [5.41, 5.74) is 9.24. The molecule has 0 aliphatic heterocycles. The third-order valence-electron chi connectivity index (χ3n) is 2.91. The maximum Gasteiger partial charge on any atom is 0.147 e. The van der Waals surface area contributed by atoms with Gasteiger partial charge >= 0.3 is 0 Å². The fourth-order valence-corrected chi connectivity index (χ4v) is 1.79. The van der Waals surface area contributed by atoms with E-state index < -0.39 is 0 Å². The van der Waals surface area contributed by atoms with Gasteiger partial charge in [-0.2, -0.15) is 0 Å². The third kappa shape index (κ3) is 2.38. The number of aryl methyl sites for hydroxylation is 1. The van der Waals surface area contributed by atoms with Crippen LogP contribution in [0.5, 0.6) is 0 Å². The van der Waals surface area contributed by atoms with Crippen molar-refractivity contribution >= 4 is 17.2 Å². The summed E-state index contributed by atoms with van der Waals surface area (Å²) >= 11 is 0. The second-order valence-electron chi connectivity index (χ2n) is 3.99. The van der Waals surface area contributed by atoms with E-state index in [0.29, 0.717) is 5.82 Å². The molecule has 0 bridgehead atoms. The molecule has 1 aromatic heterocycles. The maximum absolute atomic E-state index is 5.86. The van der Waals surface area contributed by atoms with Gasteiger partial charge in [0.15, 0.2) is 0 Å². The summed E-state index contributed by atoms with van der Waals surface area (Å²) in [5.74, 6) is 0.551. The highest BCUT2D eigenvalue weighted by Crippen LogP contribution is 2.27. The first-order valence-corrected chi connectivity index (χ1v) is 5.75. The molecule has 0 aliphatic carbocycles. The van der Waals surface area contributed by atoms with E-state index in [9.17, 15) is 0 Å². The van der Waals surface area contributed by atoms with Crippen molar-refractivity contribution in [1.29, 1.82) is 0 Å². The van der Waals surface area contributed by atoms with Gasteiger partial charge in [-0.3, -0.25) is 0 Å². The summed E-state index contributed by atoms with van der Waals surface area (Å²) < 4.78 is 0. The summed E-state index contributed by atoms with van der Waals surface area (Å²) in [6.45, 7) is 2.15. The van der Waals surface area contributed by atoms with Gasteiger partial charge in [-0.1, -0.05) is 19.1 Å². The Kier molecular flexibility index (Phi) is 3.28. The summed E-state index contributed by atoms with van der Waals surface area (Å²) in [7, 11) is 1.99. The quantitative estimate of drug-likeness (QED) is 0.876. The Hall–Kier alpha value is -2.03. The highest BCUT2D eigenvalue weighted by molar-refractivity contribution is 5.71. The van der Waals surface area contributed by atoms with Crippen LogP contribution in [-0.4, -0.2) is 12.0 Å². The van der Waals surface area contributed by atoms with Gasteiger partial charge in [0.05, 0.1) is 5.69 Å². The molecule has 17 heavy (non-hydrogen) atoms. The van der Waals surface area contributed by atoms with Gasteiger partial charge in [0, 0.05) is 18.9 Å². The minimum absolute atomic E-state index is 0.551. The molecule has 0 atom stereocenters. The standard InChI is InChI=1S/C14H17N3/c1-3-11-6-8-12(9-7-11)17(2)13-5-4-10-16-14(13)15/h4-10H,3H2,1-2H3,(H2,15,16). The number of hydrogen-bond acceptors (Lipinski definition) is 3. The zero-order valence-electron chi connectivity index (χ0n) is 10.2. The number of anilines is 3. The molecule has 0 saturated carbocycles. The molecule has 0 unspecified atom stereocenters. The van der Waals surface area contributed by atoms with Crippen LogP contribution in [0.4, 0.5) is 17.2 Å². The maximum atomic E-state index is 5.86. The molecule has 0 radical (unpaired) electrons. The van der Waals surface area contributed by atoms with Crippen LogP contribution in [-0.2, 0) is 6.42 Å². The van der Waals surface area contributed by atoms with E-state index in [4.69, 9.17) is 5.73 Å². The lowest BCUT2D eigenvalue weighted by molar-refractivity contribution is 1.13. The lowest BCUT2D eigenvalue weighted by Gasteiger charge is -2.20. The third-order valence-corrected chi connectivity index (χ3v) is 2.91. The highest BCUT2D eigenvalue weighted by Gasteiger charge is 2.07. The van der Waals surface area contributed by atoms with Crippen LogP contribution in [0.1, 0.15) is 12.5 Å². The van der Waals surface area contributed by atoms with Crippen molar-refractivity contribution in [3.8, 4) is 0 Å². The molecule has 2 aromatic rings. The minimum Gasteiger partial charge on any atom is -0.382 e. The molecule has 3 nitrogen and oxygen atoms in total. The van der Waals surface area contributed by atoms with E-state index in [0.717, 1.165) is 17.8 Å². The molecule has 2 rings (SSSR count). The first-order chi connectivity index (χ1) is 8.22. The monoisotopic (exact) mass is 227 g/mol. The SMILES string of the molecule is CCc1ccc(N(C)c2cccnc2N)cc1. The van der Waals surface area contributed by atoms with Crippen LogP contribution in [0, 0.1) is 0 Å². The van der Waals surface area contributed by atoms with Crippen molar-refractivity contribution in [3.05, 3.63) is 48.2 Å². The number of nitrogen functional groups attached to an aromatic ring is 1. The Morgan fingerprint density at radius 3 is 2.47 bits per heavy atom. The Morgan fingerprint density at radius 1 is 1.18 bits per heavy atom. The van der Waals surface area contributed by atoms with Crippen molar-refractivity contribution in [2.24, 2.45) is 0 Å². The molecular formula is C14H17N3. The van der Waals surface area contributed by atoms with Gasteiger partial charge < -0.3 is 10.6 Å². The van der Waals surface area contributed by atoms with E-state index in [1.165, 1.54) is 5.56 Å². The van der Waals surface area contributed by atoms with Crippen molar-refractivity contribution < 1.29 is 0 Å². The number of pyridine rings is 1. The predicted octanol–water partition coefficient (Wildman–Crippen LogP) is 2.99. The fraction of sp³-hybridized carbons (Fsp3) is 0.214. The predicted molar refractivity (Wildman–Crippen MR) is 72.5 cm³/mol. The summed E-state index contributed by atoms with van der Waals surface area (Å²) in [6, 6.07) is 12.3. The summed E-state index contributed by atoms with van der Waals surface area (Å²) in [5, 5.41) is 0. The highest BCUT2D eigenvalue weighted by atomic mass is 15.1. The van der Waals surface area contributed by atoms with E-state index in [2.05, 4.69) is 36.2 Å². The Labute approximate surface area is 102 Å². The van der Waals surface area contributed by atoms with Gasteiger partial charge in [-0.05, 0) is 36.2 Å². The lowest BCUT2D eigenvalue weighted by Crippen LogP contribution is -2.12. The van der Waals surface area contributed by atoms with Crippen LogP contribution >= 0.6 is 0 Å². The van der Waals surface area contributed by atoms with Gasteiger partial charge in [-0.25, -0.2) is 4.98 Å². The van der Waals surface area contributed by atoms with Crippen molar-refractivity contribution in [3.63, 3.8) is 0 Å². The summed E-state index contributed by atoms with van der Waals surface area (Å²) in [6.07, 6.45) is 2.76. The van der Waals surface area contributed by atoms with E-state index in [1.807, 2.05) is 24.1 Å². The molecule has 1 heterocycles. The van der Waals surface area contributed by atoms with Crippen LogP contribution in [0.15, 0.2) is 42.6 Å². The van der Waals surface area contributed by atoms with Gasteiger partial charge in [0.1, 0.15) is 5.82 Å². The van der Waals surface area contributed by atoms with E-state index >= 15 is 0 Å². The Morgan fingerprint density at radius 2 is 1.88 bits per heavy atom. The lowest BCUT2D eigenvalue weighted by atomic mass is 10.1. The molecule has 0 fully saturated rings. The van der Waals surface area contributed by atoms with Crippen LogP contribution in [0.25, 0.3) is 0 Å². The molecule has 0 saturated heterocycles. The number of rotatable bonds is 3. The number of hydrogen-bond donors (Lipinski definition) is 1. The van der Waals surface area contributed by atoms with Crippen molar-refractivity contribution in [2.45, 2.75) is 13.3 Å². The molecular weight excluding hydrogens is 210 g/mol. The van der Waals surface area contributed by atoms with E-state index in [-0.39, 0.29) is 0 Å². The second kappa shape index (κ2) is 4.87. The van der Waals surface area contributed by atoms with Crippen LogP contribution in [0.3, 0.4) is 0 Å². The van der Waals surface area contributed by atoms with Gasteiger partial charge in [-0.15, -0.1) is 0 Å². The first-order valence-electron chi connectivity index (χ1n) is 5.75. The van der Waals surface area contributed by atoms with Gasteiger partial charge in [0.25, 0.3) is 0 Å². The normalized spacial score (nSPS) is 10.2. The topological polar surface area (TPSA) is 42.2 Å². The molecule has 0 spiro atoms. The number of nitrogens with two attached hydrogens (primary N) is 1. The Bertz CT molecular complexity index is 491. The number of nitrogens with zero attached hydrogens (tertiary/aromatic N) is 2. The first kappa shape index (κ1) is 11.5. The largest absolute Gasteiger partial charge is 0.382 e. The molecule has 88 valence electrons. The minimum atomic E-state index is 0.551. The van der Waals surface area contributed by atoms with Crippen molar-refractivity contribution in [1.82, 2.24) is 4.98 Å². The average Bonchev–Trinajstić information content (AvgIpc) is 2.39. The zero-order valence-corrected chi connectivity index (χ0v) is 10.2. The van der Waals surface area contributed by atoms with Crippen molar-refractivity contribution in [2.75, 3.05) is 17.7 Å². The van der Waals surface area contributed by atoms with E-state index in [1.54, 1.807) is 6.20 Å². The van der Waals surface area contributed by atoms with Crippen LogP contribution in [0.2, 0.25) is 0 Å². The zero-order chi connectivity index (χ0) is 12.3. The van der Waals surface area contributed by atoms with Crippen LogP contribution < -0.4 is 10.6 Å². The molecule has 2 N–H and O–H groups in total.